The van der Waals surface area contributed by atoms with Gasteiger partial charge in [0.2, 0.25) is 0 Å². The maximum Gasteiger partial charge on any atom is 0.0592 e. The number of pyridine rings is 1. The maximum absolute atomic E-state index is 4.27. The molecule has 98 valence electrons. The van der Waals surface area contributed by atoms with Crippen LogP contribution in [0.1, 0.15) is 40.3 Å². The highest BCUT2D eigenvalue weighted by atomic mass is 14.9. The molecule has 2 heteroatoms. The van der Waals surface area contributed by atoms with Gasteiger partial charge in [0.05, 0.1) is 6.04 Å². The van der Waals surface area contributed by atoms with E-state index >= 15 is 0 Å². The van der Waals surface area contributed by atoms with Crippen LogP contribution in [0, 0.1) is 6.92 Å². The van der Waals surface area contributed by atoms with Crippen LogP contribution in [0.5, 0.6) is 0 Å². The molecule has 2 nitrogen and oxygen atoms in total. The van der Waals surface area contributed by atoms with E-state index in [2.05, 4.69) is 41.5 Å². The van der Waals surface area contributed by atoms with Gasteiger partial charge in [0.1, 0.15) is 0 Å². The highest BCUT2D eigenvalue weighted by molar-refractivity contribution is 5.41. The zero-order valence-corrected chi connectivity index (χ0v) is 11.6. The van der Waals surface area contributed by atoms with Crippen molar-refractivity contribution in [2.24, 2.45) is 0 Å². The van der Waals surface area contributed by atoms with Crippen LogP contribution in [-0.2, 0) is 12.8 Å². The Morgan fingerprint density at radius 3 is 2.79 bits per heavy atom. The number of nitrogens with one attached hydrogen (secondary N) is 1. The van der Waals surface area contributed by atoms with Crippen molar-refractivity contribution in [3.05, 3.63) is 64.5 Å². The van der Waals surface area contributed by atoms with Crippen LogP contribution in [0.3, 0.4) is 0 Å². The molecule has 0 bridgehead atoms. The third-order valence-electron chi connectivity index (χ3n) is 4.14. The van der Waals surface area contributed by atoms with Crippen molar-refractivity contribution in [3.63, 3.8) is 0 Å². The minimum Gasteiger partial charge on any atom is -0.309 e. The van der Waals surface area contributed by atoms with Gasteiger partial charge in [-0.1, -0.05) is 18.2 Å². The number of hydrogen-bond donors (Lipinski definition) is 1. The molecule has 0 spiro atoms. The smallest absolute Gasteiger partial charge is 0.0592 e. The van der Waals surface area contributed by atoms with Gasteiger partial charge < -0.3 is 5.32 Å². The van der Waals surface area contributed by atoms with Gasteiger partial charge in [0.15, 0.2) is 0 Å². The Balaban J connectivity index is 2.01. The number of nitrogens with zero attached hydrogens (tertiary/aromatic N) is 1. The maximum atomic E-state index is 4.27. The van der Waals surface area contributed by atoms with Gasteiger partial charge in [0, 0.05) is 12.4 Å². The summed E-state index contributed by atoms with van der Waals surface area (Å²) in [5.41, 5.74) is 6.96. The van der Waals surface area contributed by atoms with E-state index in [9.17, 15) is 0 Å². The van der Waals surface area contributed by atoms with E-state index in [4.69, 9.17) is 0 Å². The van der Waals surface area contributed by atoms with Gasteiger partial charge in [0.25, 0.3) is 0 Å². The lowest BCUT2D eigenvalue weighted by atomic mass is 9.94. The monoisotopic (exact) mass is 252 g/mol. The Labute approximate surface area is 114 Å². The standard InChI is InChI=1S/C17H20N2/c1-12-8-9-19-11-16(12)17(18-2)15-7-6-13-4-3-5-14(13)10-15/h6-11,17-18H,3-5H2,1-2H3. The molecule has 1 atom stereocenters. The molecule has 1 aromatic carbocycles. The number of fused-ring (bicyclic) bond motifs is 1. The largest absolute Gasteiger partial charge is 0.309 e. The Morgan fingerprint density at radius 2 is 2.00 bits per heavy atom. The molecule has 1 aliphatic rings. The van der Waals surface area contributed by atoms with E-state index in [1.54, 1.807) is 0 Å². The first kappa shape index (κ1) is 12.4. The van der Waals surface area contributed by atoms with Crippen molar-refractivity contribution in [2.75, 3.05) is 7.05 Å². The average molecular weight is 252 g/mol. The summed E-state index contributed by atoms with van der Waals surface area (Å²) in [7, 11) is 2.02. The average Bonchev–Trinajstić information content (AvgIpc) is 2.89. The SMILES string of the molecule is CNC(c1ccc2c(c1)CCC2)c1cnccc1C. The highest BCUT2D eigenvalue weighted by Crippen LogP contribution is 2.29. The van der Waals surface area contributed by atoms with E-state index < -0.39 is 0 Å². The molecule has 1 aromatic heterocycles. The molecule has 1 unspecified atom stereocenters. The van der Waals surface area contributed by atoms with Crippen molar-refractivity contribution >= 4 is 0 Å². The Hall–Kier alpha value is -1.67. The van der Waals surface area contributed by atoms with Gasteiger partial charge >= 0.3 is 0 Å². The lowest BCUT2D eigenvalue weighted by molar-refractivity contribution is 0.683. The molecule has 0 saturated carbocycles. The second-order valence-electron chi connectivity index (χ2n) is 5.34. The fraction of sp³-hybridized carbons (Fsp3) is 0.353. The summed E-state index contributed by atoms with van der Waals surface area (Å²) in [6, 6.07) is 9.24. The molecule has 0 saturated heterocycles. The second-order valence-corrected chi connectivity index (χ2v) is 5.34. The summed E-state index contributed by atoms with van der Waals surface area (Å²) in [5.74, 6) is 0. The van der Waals surface area contributed by atoms with Gasteiger partial charge in [-0.2, -0.15) is 0 Å². The van der Waals surface area contributed by atoms with Crippen LogP contribution in [0.4, 0.5) is 0 Å². The Kier molecular flexibility index (Phi) is 3.34. The molecule has 0 amide bonds. The summed E-state index contributed by atoms with van der Waals surface area (Å²) in [6.45, 7) is 2.15. The van der Waals surface area contributed by atoms with E-state index in [-0.39, 0.29) is 6.04 Å². The minimum absolute atomic E-state index is 0.236. The summed E-state index contributed by atoms with van der Waals surface area (Å²) >= 11 is 0. The molecular weight excluding hydrogens is 232 g/mol. The van der Waals surface area contributed by atoms with Crippen LogP contribution in [0.2, 0.25) is 0 Å². The third kappa shape index (κ3) is 2.28. The number of hydrogen-bond acceptors (Lipinski definition) is 2. The fourth-order valence-corrected chi connectivity index (χ4v) is 3.05. The molecule has 1 heterocycles. The number of aryl methyl sites for hydroxylation is 3. The van der Waals surface area contributed by atoms with Crippen molar-refractivity contribution in [2.45, 2.75) is 32.2 Å². The van der Waals surface area contributed by atoms with Gasteiger partial charge in [-0.3, -0.25) is 4.98 Å². The molecule has 0 fully saturated rings. The third-order valence-corrected chi connectivity index (χ3v) is 4.14. The second kappa shape index (κ2) is 5.14. The van der Waals surface area contributed by atoms with Crippen LogP contribution in [0.15, 0.2) is 36.7 Å². The van der Waals surface area contributed by atoms with Crippen LogP contribution in [0.25, 0.3) is 0 Å². The van der Waals surface area contributed by atoms with Crippen molar-refractivity contribution in [3.8, 4) is 0 Å². The zero-order valence-electron chi connectivity index (χ0n) is 11.6. The summed E-state index contributed by atoms with van der Waals surface area (Å²) in [5, 5.41) is 3.43. The van der Waals surface area contributed by atoms with E-state index in [0.29, 0.717) is 0 Å². The van der Waals surface area contributed by atoms with Gasteiger partial charge in [-0.05, 0) is 67.1 Å². The summed E-state index contributed by atoms with van der Waals surface area (Å²) < 4.78 is 0. The Morgan fingerprint density at radius 1 is 1.16 bits per heavy atom. The molecule has 3 rings (SSSR count). The first-order valence-corrected chi connectivity index (χ1v) is 6.99. The predicted molar refractivity (Wildman–Crippen MR) is 78.3 cm³/mol. The van der Waals surface area contributed by atoms with E-state index in [0.717, 1.165) is 0 Å². The summed E-state index contributed by atoms with van der Waals surface area (Å²) in [6.07, 6.45) is 7.60. The van der Waals surface area contributed by atoms with Crippen molar-refractivity contribution in [1.29, 1.82) is 0 Å². The first-order chi connectivity index (χ1) is 9.29. The van der Waals surface area contributed by atoms with Crippen molar-refractivity contribution in [1.82, 2.24) is 10.3 Å². The van der Waals surface area contributed by atoms with E-state index in [1.807, 2.05) is 19.4 Å². The lowest BCUT2D eigenvalue weighted by Crippen LogP contribution is -2.19. The molecule has 2 aromatic rings. The molecule has 1 N–H and O–H groups in total. The molecule has 1 aliphatic carbocycles. The van der Waals surface area contributed by atoms with Gasteiger partial charge in [-0.15, -0.1) is 0 Å². The zero-order chi connectivity index (χ0) is 13.2. The number of benzene rings is 1. The predicted octanol–water partition coefficient (Wildman–Crippen LogP) is 3.19. The summed E-state index contributed by atoms with van der Waals surface area (Å²) in [4.78, 5) is 4.27. The minimum atomic E-state index is 0.236. The molecule has 0 radical (unpaired) electrons. The van der Waals surface area contributed by atoms with E-state index in [1.165, 1.54) is 47.1 Å². The highest BCUT2D eigenvalue weighted by Gasteiger charge is 2.17. The van der Waals surface area contributed by atoms with Gasteiger partial charge in [-0.25, -0.2) is 0 Å². The molecule has 0 aliphatic heterocycles. The molecule has 19 heavy (non-hydrogen) atoms. The van der Waals surface area contributed by atoms with Crippen molar-refractivity contribution < 1.29 is 0 Å². The first-order valence-electron chi connectivity index (χ1n) is 6.99. The van der Waals surface area contributed by atoms with Crippen LogP contribution in [-0.4, -0.2) is 12.0 Å². The molecular formula is C17H20N2. The Bertz CT molecular complexity index is 590. The topological polar surface area (TPSA) is 24.9 Å². The quantitative estimate of drug-likeness (QED) is 0.907. The van der Waals surface area contributed by atoms with Crippen LogP contribution < -0.4 is 5.32 Å². The normalized spacial score (nSPS) is 15.3. The fourth-order valence-electron chi connectivity index (χ4n) is 3.05. The lowest BCUT2D eigenvalue weighted by Gasteiger charge is -2.19. The number of aromatic nitrogens is 1. The number of rotatable bonds is 3. The van der Waals surface area contributed by atoms with Crippen LogP contribution >= 0.6 is 0 Å².